The molecular weight excluding hydrogens is 380 g/mol. The normalized spacial score (nSPS) is 26.0. The Bertz CT molecular complexity index is 661. The van der Waals surface area contributed by atoms with Crippen molar-refractivity contribution < 1.29 is 18.0 Å². The highest BCUT2D eigenvalue weighted by atomic mass is 32.2. The Hall–Kier alpha value is -1.19. The second-order valence-corrected chi connectivity index (χ2v) is 10.3. The SMILES string of the molecule is CC1CCN(S(=O)(=O)N2CCC[C@@H](C(=O)NCCCN3CCCC3=O)C2)CC1. The van der Waals surface area contributed by atoms with Crippen LogP contribution in [-0.4, -0.2) is 79.6 Å². The second kappa shape index (κ2) is 9.54. The molecule has 28 heavy (non-hydrogen) atoms. The molecule has 0 aromatic carbocycles. The maximum absolute atomic E-state index is 12.9. The summed E-state index contributed by atoms with van der Waals surface area (Å²) in [5.74, 6) is 0.411. The van der Waals surface area contributed by atoms with Crippen LogP contribution in [0.25, 0.3) is 0 Å². The van der Waals surface area contributed by atoms with Crippen LogP contribution in [0.2, 0.25) is 0 Å². The van der Waals surface area contributed by atoms with Crippen LogP contribution in [0.4, 0.5) is 0 Å². The second-order valence-electron chi connectivity index (χ2n) is 8.42. The van der Waals surface area contributed by atoms with Crippen LogP contribution in [0.5, 0.6) is 0 Å². The fourth-order valence-electron chi connectivity index (χ4n) is 4.31. The summed E-state index contributed by atoms with van der Waals surface area (Å²) >= 11 is 0. The third kappa shape index (κ3) is 5.24. The zero-order valence-corrected chi connectivity index (χ0v) is 17.8. The largest absolute Gasteiger partial charge is 0.356 e. The van der Waals surface area contributed by atoms with Gasteiger partial charge < -0.3 is 10.2 Å². The van der Waals surface area contributed by atoms with E-state index in [-0.39, 0.29) is 24.3 Å². The Labute approximate surface area is 168 Å². The summed E-state index contributed by atoms with van der Waals surface area (Å²) in [5.41, 5.74) is 0. The zero-order valence-electron chi connectivity index (χ0n) is 16.9. The van der Waals surface area contributed by atoms with E-state index in [4.69, 9.17) is 0 Å². The Kier molecular flexibility index (Phi) is 7.33. The van der Waals surface area contributed by atoms with Crippen molar-refractivity contribution >= 4 is 22.0 Å². The lowest BCUT2D eigenvalue weighted by Crippen LogP contribution is -2.52. The molecule has 0 saturated carbocycles. The molecule has 0 aromatic heterocycles. The molecule has 1 atom stereocenters. The summed E-state index contributed by atoms with van der Waals surface area (Å²) in [4.78, 5) is 26.0. The lowest BCUT2D eigenvalue weighted by atomic mass is 9.99. The van der Waals surface area contributed by atoms with Crippen molar-refractivity contribution in [2.24, 2.45) is 11.8 Å². The maximum atomic E-state index is 12.9. The minimum Gasteiger partial charge on any atom is -0.356 e. The van der Waals surface area contributed by atoms with Crippen LogP contribution < -0.4 is 5.32 Å². The summed E-state index contributed by atoms with van der Waals surface area (Å²) in [7, 11) is -3.47. The Morgan fingerprint density at radius 2 is 1.82 bits per heavy atom. The van der Waals surface area contributed by atoms with Crippen LogP contribution >= 0.6 is 0 Å². The van der Waals surface area contributed by atoms with Crippen LogP contribution in [0.15, 0.2) is 0 Å². The van der Waals surface area contributed by atoms with E-state index in [2.05, 4.69) is 12.2 Å². The van der Waals surface area contributed by atoms with Gasteiger partial charge in [-0.15, -0.1) is 0 Å². The topological polar surface area (TPSA) is 90.0 Å². The molecule has 8 nitrogen and oxygen atoms in total. The van der Waals surface area contributed by atoms with Crippen molar-refractivity contribution in [3.8, 4) is 0 Å². The van der Waals surface area contributed by atoms with Gasteiger partial charge in [-0.1, -0.05) is 6.92 Å². The quantitative estimate of drug-likeness (QED) is 0.624. The first-order valence-electron chi connectivity index (χ1n) is 10.7. The van der Waals surface area contributed by atoms with Gasteiger partial charge >= 0.3 is 0 Å². The number of amides is 2. The molecule has 3 aliphatic heterocycles. The molecule has 3 rings (SSSR count). The molecule has 0 bridgehead atoms. The molecule has 0 aliphatic carbocycles. The first-order valence-corrected chi connectivity index (χ1v) is 12.1. The van der Waals surface area contributed by atoms with Gasteiger partial charge in [0.15, 0.2) is 0 Å². The average molecular weight is 415 g/mol. The number of rotatable bonds is 7. The van der Waals surface area contributed by atoms with Crippen molar-refractivity contribution in [1.82, 2.24) is 18.8 Å². The van der Waals surface area contributed by atoms with Gasteiger partial charge in [0.25, 0.3) is 10.2 Å². The minimum atomic E-state index is -3.47. The first-order chi connectivity index (χ1) is 13.4. The number of likely N-dealkylation sites (tertiary alicyclic amines) is 1. The van der Waals surface area contributed by atoms with Crippen LogP contribution in [0, 0.1) is 11.8 Å². The fourth-order valence-corrected chi connectivity index (χ4v) is 6.04. The smallest absolute Gasteiger partial charge is 0.281 e. The molecule has 3 fully saturated rings. The first kappa shape index (κ1) is 21.5. The Balaban J connectivity index is 1.44. The summed E-state index contributed by atoms with van der Waals surface area (Å²) in [6, 6.07) is 0. The fraction of sp³-hybridized carbons (Fsp3) is 0.895. The third-order valence-electron chi connectivity index (χ3n) is 6.23. The van der Waals surface area contributed by atoms with Crippen LogP contribution in [0.1, 0.15) is 51.9 Å². The van der Waals surface area contributed by atoms with E-state index in [1.807, 2.05) is 4.90 Å². The molecule has 9 heteroatoms. The van der Waals surface area contributed by atoms with Crippen molar-refractivity contribution in [2.45, 2.75) is 51.9 Å². The van der Waals surface area contributed by atoms with E-state index >= 15 is 0 Å². The van der Waals surface area contributed by atoms with Gasteiger partial charge in [-0.2, -0.15) is 17.0 Å². The molecule has 3 aliphatic rings. The highest BCUT2D eigenvalue weighted by Gasteiger charge is 2.36. The summed E-state index contributed by atoms with van der Waals surface area (Å²) in [6.07, 6.45) is 5.52. The van der Waals surface area contributed by atoms with E-state index in [1.54, 1.807) is 4.31 Å². The third-order valence-corrected chi connectivity index (χ3v) is 8.23. The van der Waals surface area contributed by atoms with E-state index < -0.39 is 10.2 Å². The summed E-state index contributed by atoms with van der Waals surface area (Å²) < 4.78 is 29.0. The number of nitrogens with one attached hydrogen (secondary N) is 1. The van der Waals surface area contributed by atoms with E-state index in [1.165, 1.54) is 4.31 Å². The zero-order chi connectivity index (χ0) is 20.1. The van der Waals surface area contributed by atoms with Gasteiger partial charge in [0.2, 0.25) is 11.8 Å². The number of hydrogen-bond donors (Lipinski definition) is 1. The van der Waals surface area contributed by atoms with Crippen molar-refractivity contribution in [3.63, 3.8) is 0 Å². The molecule has 0 radical (unpaired) electrons. The highest BCUT2D eigenvalue weighted by molar-refractivity contribution is 7.86. The number of piperidine rings is 2. The predicted octanol–water partition coefficient (Wildman–Crippen LogP) is 0.804. The van der Waals surface area contributed by atoms with Crippen LogP contribution in [-0.2, 0) is 19.8 Å². The maximum Gasteiger partial charge on any atom is 0.281 e. The molecule has 0 spiro atoms. The van der Waals surface area contributed by atoms with E-state index in [0.29, 0.717) is 51.5 Å². The summed E-state index contributed by atoms with van der Waals surface area (Å²) in [5, 5.41) is 2.94. The predicted molar refractivity (Wildman–Crippen MR) is 107 cm³/mol. The van der Waals surface area contributed by atoms with Gasteiger partial charge in [-0.05, 0) is 44.4 Å². The molecule has 0 aromatic rings. The van der Waals surface area contributed by atoms with Gasteiger partial charge in [0.05, 0.1) is 5.92 Å². The van der Waals surface area contributed by atoms with Crippen molar-refractivity contribution in [1.29, 1.82) is 0 Å². The molecular formula is C19H34N4O4S. The number of carbonyl (C=O) groups excluding carboxylic acids is 2. The Morgan fingerprint density at radius 3 is 2.50 bits per heavy atom. The molecule has 1 N–H and O–H groups in total. The Morgan fingerprint density at radius 1 is 1.07 bits per heavy atom. The molecule has 0 unspecified atom stereocenters. The number of hydrogen-bond acceptors (Lipinski definition) is 4. The monoisotopic (exact) mass is 414 g/mol. The molecule has 3 heterocycles. The minimum absolute atomic E-state index is 0.0695. The van der Waals surface area contributed by atoms with E-state index in [9.17, 15) is 18.0 Å². The molecule has 160 valence electrons. The highest BCUT2D eigenvalue weighted by Crippen LogP contribution is 2.25. The van der Waals surface area contributed by atoms with E-state index in [0.717, 1.165) is 38.6 Å². The molecule has 3 saturated heterocycles. The summed E-state index contributed by atoms with van der Waals surface area (Å²) in [6.45, 7) is 6.09. The van der Waals surface area contributed by atoms with Crippen molar-refractivity contribution in [3.05, 3.63) is 0 Å². The molecule has 2 amide bonds. The number of carbonyl (C=O) groups is 2. The average Bonchev–Trinajstić information content (AvgIpc) is 3.10. The van der Waals surface area contributed by atoms with Gasteiger partial charge in [0.1, 0.15) is 0 Å². The van der Waals surface area contributed by atoms with Gasteiger partial charge in [-0.25, -0.2) is 0 Å². The van der Waals surface area contributed by atoms with Crippen molar-refractivity contribution in [2.75, 3.05) is 45.8 Å². The lowest BCUT2D eigenvalue weighted by Gasteiger charge is -2.37. The standard InChI is InChI=1S/C19H34N4O4S/c1-16-7-13-22(14-8-16)28(26,27)23-12-2-5-17(15-23)19(25)20-9-4-11-21-10-3-6-18(21)24/h16-17H,2-15H2,1H3,(H,20,25)/t17-/m1/s1. The number of nitrogens with zero attached hydrogens (tertiary/aromatic N) is 3. The lowest BCUT2D eigenvalue weighted by molar-refractivity contribution is -0.127. The van der Waals surface area contributed by atoms with Gasteiger partial charge in [-0.3, -0.25) is 9.59 Å². The van der Waals surface area contributed by atoms with Crippen LogP contribution in [0.3, 0.4) is 0 Å². The van der Waals surface area contributed by atoms with Gasteiger partial charge in [0, 0.05) is 52.2 Å².